The molecule has 0 rings (SSSR count). The molecule has 1 nitrogen and oxygen atoms in total. The number of allylic oxidation sites excluding steroid dienone is 3. The first kappa shape index (κ1) is 24.0. The van der Waals surface area contributed by atoms with E-state index in [4.69, 9.17) is 0 Å². The maximum absolute atomic E-state index is 3.95. The molecule has 0 unspecified atom stereocenters. The van der Waals surface area contributed by atoms with Crippen molar-refractivity contribution in [2.75, 3.05) is 0 Å². The predicted molar refractivity (Wildman–Crippen MR) is 75.1 cm³/mol. The zero-order valence-electron chi connectivity index (χ0n) is 12.8. The minimum atomic E-state index is -1.06. The van der Waals surface area contributed by atoms with Gasteiger partial charge in [0.15, 0.2) is 0 Å². The molecule has 0 aliphatic rings. The van der Waals surface area contributed by atoms with Crippen molar-refractivity contribution in [3.63, 3.8) is 0 Å². The van der Waals surface area contributed by atoms with E-state index in [-0.39, 0.29) is 30.4 Å². The summed E-state index contributed by atoms with van der Waals surface area (Å²) >= 11 is -1.06. The summed E-state index contributed by atoms with van der Waals surface area (Å²) in [5.41, 5.74) is 2.98. The Labute approximate surface area is 134 Å². The summed E-state index contributed by atoms with van der Waals surface area (Å²) in [6.07, 6.45) is 2.24. The Bertz CT molecular complexity index is 273. The van der Waals surface area contributed by atoms with Crippen LogP contribution in [-0.4, -0.2) is 12.2 Å². The van der Waals surface area contributed by atoms with E-state index >= 15 is 0 Å². The fraction of sp³-hybridized carbons (Fsp3) is 0.692. The van der Waals surface area contributed by atoms with E-state index in [9.17, 15) is 0 Å². The van der Waals surface area contributed by atoms with Gasteiger partial charge in [-0.15, -0.1) is 0 Å². The second kappa shape index (κ2) is 10.7. The third-order valence-electron chi connectivity index (χ3n) is 2.19. The first-order chi connectivity index (χ1) is 7.11. The van der Waals surface area contributed by atoms with Gasteiger partial charge in [-0.05, 0) is 0 Å². The van der Waals surface area contributed by atoms with Gasteiger partial charge in [0.2, 0.25) is 0 Å². The van der Waals surface area contributed by atoms with Crippen LogP contribution in [0.3, 0.4) is 0 Å². The summed E-state index contributed by atoms with van der Waals surface area (Å²) in [7, 11) is 0. The van der Waals surface area contributed by atoms with Crippen molar-refractivity contribution in [1.82, 2.24) is 3.80 Å². The molecule has 0 spiro atoms. The molecule has 0 aromatic heterocycles. The summed E-state index contributed by atoms with van der Waals surface area (Å²) in [4.78, 5) is 0. The van der Waals surface area contributed by atoms with Gasteiger partial charge in [-0.3, -0.25) is 0 Å². The smallest absolute Gasteiger partial charge is 1.00 e. The van der Waals surface area contributed by atoms with Crippen LogP contribution in [0.1, 0.15) is 34.6 Å². The van der Waals surface area contributed by atoms with Gasteiger partial charge in [-0.25, -0.2) is 0 Å². The third-order valence-corrected chi connectivity index (χ3v) is 14.7. The van der Waals surface area contributed by atoms with Gasteiger partial charge in [0, 0.05) is 0 Å². The van der Waals surface area contributed by atoms with Gasteiger partial charge < -0.3 is 24.8 Å². The number of rotatable bonds is 5. The van der Waals surface area contributed by atoms with Gasteiger partial charge in [0.1, 0.15) is 0 Å². The Morgan fingerprint density at radius 2 is 1.67 bits per heavy atom. The van der Waals surface area contributed by atoms with Crippen LogP contribution >= 0.6 is 0 Å². The molecule has 0 aromatic rings. The molecule has 0 bridgehead atoms. The molecule has 107 valence electrons. The molecular formula is C13H28Cl2NSiTi. The van der Waals surface area contributed by atoms with E-state index in [0.717, 1.165) is 0 Å². The van der Waals surface area contributed by atoms with Crippen LogP contribution in [-0.2, 0) is 17.4 Å². The Balaban J connectivity index is -0.00000112. The van der Waals surface area contributed by atoms with E-state index in [1.54, 1.807) is 0 Å². The second-order valence-corrected chi connectivity index (χ2v) is 19.2. The van der Waals surface area contributed by atoms with E-state index in [2.05, 4.69) is 64.2 Å². The first-order valence-corrected chi connectivity index (χ1v) is 13.6. The first-order valence-electron chi connectivity index (χ1n) is 6.08. The van der Waals surface area contributed by atoms with Gasteiger partial charge in [-0.1, -0.05) is 0 Å². The van der Waals surface area contributed by atoms with Crippen LogP contribution in [0, 0.1) is 0 Å². The van der Waals surface area contributed by atoms with Crippen LogP contribution in [0.2, 0.25) is 17.8 Å². The Morgan fingerprint density at radius 3 is 1.94 bits per heavy atom. The molecule has 18 heavy (non-hydrogen) atoms. The molecule has 5 heteroatoms. The zero-order valence-corrected chi connectivity index (χ0v) is 17.1. The van der Waals surface area contributed by atoms with Crippen molar-refractivity contribution < 1.29 is 42.2 Å². The van der Waals surface area contributed by atoms with Gasteiger partial charge >= 0.3 is 110 Å². The Hall–Kier alpha value is 0.951. The maximum Gasteiger partial charge on any atom is -1.00 e. The SMILES string of the molecule is C=C(C)/C=C(\C)[CH2][Ti+2]([NH]C(C)(C)C)[SiH](C)C.[Cl-].[Cl-]. The molecule has 0 saturated heterocycles. The average molecular weight is 345 g/mol. The number of halogens is 2. The molecular weight excluding hydrogens is 317 g/mol. The van der Waals surface area contributed by atoms with E-state index in [0.29, 0.717) is 0 Å². The predicted octanol–water partition coefficient (Wildman–Crippen LogP) is -2.16. The monoisotopic (exact) mass is 344 g/mol. The number of hydrogen-bond donors (Lipinski definition) is 1. The average Bonchev–Trinajstić information content (AvgIpc) is 1.97. The van der Waals surface area contributed by atoms with Gasteiger partial charge in [-0.2, -0.15) is 0 Å². The van der Waals surface area contributed by atoms with E-state index in [1.807, 2.05) is 0 Å². The van der Waals surface area contributed by atoms with Gasteiger partial charge in [0.25, 0.3) is 0 Å². The molecule has 0 aromatic carbocycles. The van der Waals surface area contributed by atoms with Crippen LogP contribution in [0.5, 0.6) is 0 Å². The topological polar surface area (TPSA) is 12.0 Å². The summed E-state index contributed by atoms with van der Waals surface area (Å²) in [6, 6.07) is 0. The summed E-state index contributed by atoms with van der Waals surface area (Å²) < 4.78 is 5.25. The van der Waals surface area contributed by atoms with Crippen molar-refractivity contribution in [2.45, 2.75) is 58.0 Å². The van der Waals surface area contributed by atoms with Crippen LogP contribution in [0.4, 0.5) is 0 Å². The van der Waals surface area contributed by atoms with Crippen molar-refractivity contribution in [3.8, 4) is 0 Å². The van der Waals surface area contributed by atoms with Crippen molar-refractivity contribution >= 4 is 6.66 Å². The standard InChI is InChI=1S/C7H11.C4H10N.C2H7Si.2ClH.Ti/c1-6(2)5-7(3)4;1-4(2,3)5;1-3-2;;;/h5H,1,3H2,2,4H3;5H,1-3H3;3H,1-2H3;2*1H;/q;-1;;;;+3/p-2/b6-5-;;;;;. The van der Waals surface area contributed by atoms with Crippen molar-refractivity contribution in [2.24, 2.45) is 0 Å². The molecule has 0 amide bonds. The molecule has 0 fully saturated rings. The van der Waals surface area contributed by atoms with Crippen molar-refractivity contribution in [1.29, 1.82) is 0 Å². The van der Waals surface area contributed by atoms with E-state index in [1.165, 1.54) is 15.9 Å². The second-order valence-electron chi connectivity index (χ2n) is 6.07. The normalized spacial score (nSPS) is 11.7. The molecule has 0 saturated carbocycles. The van der Waals surface area contributed by atoms with Crippen molar-refractivity contribution in [3.05, 3.63) is 23.8 Å². The molecule has 0 atom stereocenters. The van der Waals surface area contributed by atoms with E-state index < -0.39 is 24.0 Å². The van der Waals surface area contributed by atoms with Crippen LogP contribution < -0.4 is 28.6 Å². The summed E-state index contributed by atoms with van der Waals surface area (Å²) in [5.74, 6) is 0. The Morgan fingerprint density at radius 1 is 1.22 bits per heavy atom. The third kappa shape index (κ3) is 13.4. The fourth-order valence-electron chi connectivity index (χ4n) is 1.65. The number of hydrogen-bond acceptors (Lipinski definition) is 1. The minimum Gasteiger partial charge on any atom is -1.00 e. The molecule has 1 N–H and O–H groups in total. The Kier molecular flexibility index (Phi) is 14.3. The number of nitrogens with one attached hydrogen (secondary N) is 1. The summed E-state index contributed by atoms with van der Waals surface area (Å²) in [6.45, 7) is 19.6. The zero-order chi connectivity index (χ0) is 12.9. The molecule has 0 radical (unpaired) electrons. The largest absolute Gasteiger partial charge is 1.00 e. The molecule has 0 aliphatic heterocycles. The molecule has 0 heterocycles. The summed E-state index contributed by atoms with van der Waals surface area (Å²) in [5, 5.41) is 0. The maximum atomic E-state index is 3.95. The molecule has 0 aliphatic carbocycles. The van der Waals surface area contributed by atoms with Crippen LogP contribution in [0.25, 0.3) is 0 Å². The van der Waals surface area contributed by atoms with Gasteiger partial charge in [0.05, 0.1) is 0 Å². The quantitative estimate of drug-likeness (QED) is 0.442. The minimum absolute atomic E-state index is 0. The van der Waals surface area contributed by atoms with Crippen LogP contribution in [0.15, 0.2) is 23.8 Å². The fourth-order valence-corrected chi connectivity index (χ4v) is 11.5.